The van der Waals surface area contributed by atoms with Crippen LogP contribution < -0.4 is 0 Å². The molecule has 0 unspecified atom stereocenters. The Hall–Kier alpha value is -0.720. The average Bonchev–Trinajstić information content (AvgIpc) is 2.52. The van der Waals surface area contributed by atoms with Crippen molar-refractivity contribution >= 4 is 0 Å². The number of fused-ring (bicyclic) bond motifs is 1. The number of hydrogen-bond donors (Lipinski definition) is 0. The van der Waals surface area contributed by atoms with Gasteiger partial charge < -0.3 is 4.57 Å². The molecule has 0 spiro atoms. The van der Waals surface area contributed by atoms with E-state index in [0.29, 0.717) is 0 Å². The van der Waals surface area contributed by atoms with Crippen molar-refractivity contribution in [3.05, 3.63) is 23.5 Å². The Bertz CT molecular complexity index is 258. The Morgan fingerprint density at radius 3 is 2.57 bits per heavy atom. The molecule has 0 N–H and O–H groups in total. The van der Waals surface area contributed by atoms with Gasteiger partial charge in [-0.3, -0.25) is 0 Å². The molecule has 0 aliphatic carbocycles. The summed E-state index contributed by atoms with van der Waals surface area (Å²) >= 11 is 0. The van der Waals surface area contributed by atoms with Crippen LogP contribution in [0.15, 0.2) is 12.3 Å². The van der Waals surface area contributed by atoms with Crippen LogP contribution in [0.25, 0.3) is 0 Å². The van der Waals surface area contributed by atoms with E-state index in [4.69, 9.17) is 0 Å². The Balaban J connectivity index is 2.09. The molecule has 0 amide bonds. The summed E-state index contributed by atoms with van der Waals surface area (Å²) in [5.74, 6) is 0. The summed E-state index contributed by atoms with van der Waals surface area (Å²) in [6.07, 6.45) is 12.1. The van der Waals surface area contributed by atoms with Gasteiger partial charge in [0.05, 0.1) is 0 Å². The van der Waals surface area contributed by atoms with Crippen LogP contribution in [0, 0.1) is 6.92 Å². The normalized spacial score (nSPS) is 18.9. The van der Waals surface area contributed by atoms with Gasteiger partial charge in [0.15, 0.2) is 0 Å². The minimum absolute atomic E-state index is 1.24. The fourth-order valence-corrected chi connectivity index (χ4v) is 2.43. The molecule has 0 saturated carbocycles. The van der Waals surface area contributed by atoms with Gasteiger partial charge in [0.25, 0.3) is 0 Å². The van der Waals surface area contributed by atoms with Gasteiger partial charge in [-0.25, -0.2) is 0 Å². The summed E-state index contributed by atoms with van der Waals surface area (Å²) in [5, 5.41) is 0. The lowest BCUT2D eigenvalue weighted by molar-refractivity contribution is 0.518. The third-order valence-corrected chi connectivity index (χ3v) is 3.20. The molecule has 1 heteroatoms. The zero-order valence-corrected chi connectivity index (χ0v) is 9.26. The van der Waals surface area contributed by atoms with Gasteiger partial charge in [-0.15, -0.1) is 0 Å². The van der Waals surface area contributed by atoms with Gasteiger partial charge in [0, 0.05) is 18.4 Å². The fraction of sp³-hybridized carbons (Fsp3) is 0.692. The minimum atomic E-state index is 1.24. The van der Waals surface area contributed by atoms with Crippen molar-refractivity contribution in [2.45, 2.75) is 58.4 Å². The van der Waals surface area contributed by atoms with E-state index in [-0.39, 0.29) is 0 Å². The third kappa shape index (κ3) is 2.40. The molecule has 2 heterocycles. The lowest BCUT2D eigenvalue weighted by Crippen LogP contribution is -2.03. The molecule has 14 heavy (non-hydrogen) atoms. The second-order valence-electron chi connectivity index (χ2n) is 4.57. The molecular weight excluding hydrogens is 170 g/mol. The lowest BCUT2D eigenvalue weighted by Gasteiger charge is -2.11. The maximum absolute atomic E-state index is 2.47. The monoisotopic (exact) mass is 191 g/mol. The first-order valence-electron chi connectivity index (χ1n) is 6.02. The van der Waals surface area contributed by atoms with Crippen molar-refractivity contribution in [1.82, 2.24) is 4.57 Å². The van der Waals surface area contributed by atoms with E-state index in [1.54, 1.807) is 5.69 Å². The van der Waals surface area contributed by atoms with Crippen LogP contribution >= 0.6 is 0 Å². The lowest BCUT2D eigenvalue weighted by atomic mass is 10.1. The van der Waals surface area contributed by atoms with Gasteiger partial charge >= 0.3 is 0 Å². The zero-order chi connectivity index (χ0) is 9.80. The van der Waals surface area contributed by atoms with Gasteiger partial charge in [-0.1, -0.05) is 25.7 Å². The molecule has 0 saturated heterocycles. The standard InChI is InChI=1S/C13H21N/c1-12-10-13-8-6-4-2-3-5-7-9-14(13)11-12/h10-11H,2-9H2,1H3. The van der Waals surface area contributed by atoms with Crippen LogP contribution in [-0.2, 0) is 13.0 Å². The summed E-state index contributed by atoms with van der Waals surface area (Å²) in [5.41, 5.74) is 2.99. The highest BCUT2D eigenvalue weighted by atomic mass is 15.0. The second kappa shape index (κ2) is 4.68. The number of aromatic nitrogens is 1. The van der Waals surface area contributed by atoms with Crippen molar-refractivity contribution in [3.63, 3.8) is 0 Å². The second-order valence-corrected chi connectivity index (χ2v) is 4.57. The molecule has 78 valence electrons. The predicted octanol–water partition coefficient (Wildman–Crippen LogP) is 3.69. The van der Waals surface area contributed by atoms with E-state index in [0.717, 1.165) is 0 Å². The van der Waals surface area contributed by atoms with Crippen LogP contribution in [0.4, 0.5) is 0 Å². The van der Waals surface area contributed by atoms with Crippen molar-refractivity contribution in [2.75, 3.05) is 0 Å². The molecule has 1 aromatic rings. The Morgan fingerprint density at radius 2 is 1.71 bits per heavy atom. The molecule has 1 aliphatic rings. The maximum atomic E-state index is 2.47. The van der Waals surface area contributed by atoms with Crippen LogP contribution in [0.1, 0.15) is 49.8 Å². The molecule has 0 radical (unpaired) electrons. The van der Waals surface area contributed by atoms with Crippen molar-refractivity contribution in [1.29, 1.82) is 0 Å². The van der Waals surface area contributed by atoms with Gasteiger partial charge in [0.2, 0.25) is 0 Å². The summed E-state index contributed by atoms with van der Waals surface area (Å²) in [4.78, 5) is 0. The molecular formula is C13H21N. The highest BCUT2D eigenvalue weighted by Gasteiger charge is 2.05. The highest BCUT2D eigenvalue weighted by molar-refractivity contribution is 5.17. The first-order valence-corrected chi connectivity index (χ1v) is 6.02. The van der Waals surface area contributed by atoms with E-state index < -0.39 is 0 Å². The molecule has 1 nitrogen and oxygen atoms in total. The summed E-state index contributed by atoms with van der Waals surface area (Å²) in [6, 6.07) is 2.36. The van der Waals surface area contributed by atoms with Crippen molar-refractivity contribution < 1.29 is 0 Å². The average molecular weight is 191 g/mol. The topological polar surface area (TPSA) is 4.93 Å². The number of rotatable bonds is 0. The zero-order valence-electron chi connectivity index (χ0n) is 9.26. The Kier molecular flexibility index (Phi) is 3.28. The molecule has 0 fully saturated rings. The Labute approximate surface area is 87.1 Å². The van der Waals surface area contributed by atoms with Crippen LogP contribution in [0.2, 0.25) is 0 Å². The van der Waals surface area contributed by atoms with E-state index in [2.05, 4.69) is 23.8 Å². The third-order valence-electron chi connectivity index (χ3n) is 3.20. The largest absolute Gasteiger partial charge is 0.351 e. The molecule has 0 aromatic carbocycles. The molecule has 0 atom stereocenters. The SMILES string of the molecule is Cc1cc2n(c1)CCCCCCCC2. The number of nitrogens with zero attached hydrogens (tertiary/aromatic N) is 1. The first-order chi connectivity index (χ1) is 6.86. The van der Waals surface area contributed by atoms with E-state index in [1.165, 1.54) is 57.1 Å². The van der Waals surface area contributed by atoms with Gasteiger partial charge in [0.1, 0.15) is 0 Å². The predicted molar refractivity (Wildman–Crippen MR) is 60.6 cm³/mol. The van der Waals surface area contributed by atoms with Crippen LogP contribution in [-0.4, -0.2) is 4.57 Å². The van der Waals surface area contributed by atoms with Crippen LogP contribution in [0.3, 0.4) is 0 Å². The highest BCUT2D eigenvalue weighted by Crippen LogP contribution is 2.16. The Morgan fingerprint density at radius 1 is 1.00 bits per heavy atom. The summed E-state index contributed by atoms with van der Waals surface area (Å²) in [6.45, 7) is 3.45. The molecule has 0 bridgehead atoms. The molecule has 2 rings (SSSR count). The smallest absolute Gasteiger partial charge is 0.0222 e. The number of aryl methyl sites for hydroxylation is 3. The summed E-state index contributed by atoms with van der Waals surface area (Å²) < 4.78 is 2.47. The summed E-state index contributed by atoms with van der Waals surface area (Å²) in [7, 11) is 0. The van der Waals surface area contributed by atoms with Gasteiger partial charge in [-0.2, -0.15) is 0 Å². The van der Waals surface area contributed by atoms with Gasteiger partial charge in [-0.05, 0) is 37.8 Å². The fourth-order valence-electron chi connectivity index (χ4n) is 2.43. The first kappa shape index (κ1) is 9.82. The van der Waals surface area contributed by atoms with Crippen molar-refractivity contribution in [3.8, 4) is 0 Å². The van der Waals surface area contributed by atoms with E-state index >= 15 is 0 Å². The number of hydrogen-bond acceptors (Lipinski definition) is 0. The maximum Gasteiger partial charge on any atom is 0.0222 e. The molecule has 1 aliphatic heterocycles. The van der Waals surface area contributed by atoms with E-state index in [1.807, 2.05) is 0 Å². The van der Waals surface area contributed by atoms with E-state index in [9.17, 15) is 0 Å². The van der Waals surface area contributed by atoms with Crippen molar-refractivity contribution in [2.24, 2.45) is 0 Å². The quantitative estimate of drug-likeness (QED) is 0.589. The molecule has 1 aromatic heterocycles. The van der Waals surface area contributed by atoms with Crippen LogP contribution in [0.5, 0.6) is 0 Å². The minimum Gasteiger partial charge on any atom is -0.351 e.